The minimum atomic E-state index is -0.212. The maximum Gasteiger partial charge on any atom is 0.123 e. The van der Waals surface area contributed by atoms with Crippen LogP contribution < -0.4 is 10.6 Å². The predicted molar refractivity (Wildman–Crippen MR) is 60.6 cm³/mol. The second kappa shape index (κ2) is 3.49. The van der Waals surface area contributed by atoms with Crippen molar-refractivity contribution in [2.45, 2.75) is 25.8 Å². The number of anilines is 1. The zero-order valence-electron chi connectivity index (χ0n) is 9.26. The fraction of sp³-hybridized carbons (Fsp3) is 0.500. The molecule has 1 aromatic carbocycles. The largest absolute Gasteiger partial charge is 0.369 e. The van der Waals surface area contributed by atoms with Crippen LogP contribution in [-0.4, -0.2) is 18.6 Å². The average Bonchev–Trinajstić information content (AvgIpc) is 2.45. The molecule has 0 aromatic heterocycles. The van der Waals surface area contributed by atoms with E-state index in [-0.39, 0.29) is 11.4 Å². The molecule has 0 saturated carbocycles. The summed E-state index contributed by atoms with van der Waals surface area (Å²) < 4.78 is 13.0. The SMILES string of the molecule is CC(C)(N)CN1CCc2cc(F)ccc21. The molecular weight excluding hydrogens is 191 g/mol. The van der Waals surface area contributed by atoms with Crippen molar-refractivity contribution in [2.75, 3.05) is 18.0 Å². The van der Waals surface area contributed by atoms with Crippen LogP contribution >= 0.6 is 0 Å². The number of hydrogen-bond donors (Lipinski definition) is 1. The summed E-state index contributed by atoms with van der Waals surface area (Å²) in [5, 5.41) is 0. The molecule has 2 N–H and O–H groups in total. The first kappa shape index (κ1) is 10.4. The van der Waals surface area contributed by atoms with E-state index in [9.17, 15) is 4.39 Å². The number of nitrogens with zero attached hydrogens (tertiary/aromatic N) is 1. The molecule has 0 amide bonds. The van der Waals surface area contributed by atoms with Crippen LogP contribution in [0.5, 0.6) is 0 Å². The van der Waals surface area contributed by atoms with Crippen molar-refractivity contribution in [2.24, 2.45) is 5.73 Å². The minimum absolute atomic E-state index is 0.150. The van der Waals surface area contributed by atoms with Crippen LogP contribution in [0, 0.1) is 5.82 Å². The first-order chi connectivity index (χ1) is 6.96. The molecule has 1 heterocycles. The third-order valence-electron chi connectivity index (χ3n) is 2.63. The van der Waals surface area contributed by atoms with Gasteiger partial charge in [-0.05, 0) is 44.0 Å². The van der Waals surface area contributed by atoms with E-state index < -0.39 is 0 Å². The number of fused-ring (bicyclic) bond motifs is 1. The molecule has 0 spiro atoms. The van der Waals surface area contributed by atoms with E-state index in [1.807, 2.05) is 19.9 Å². The summed E-state index contributed by atoms with van der Waals surface area (Å²) in [6, 6.07) is 4.99. The summed E-state index contributed by atoms with van der Waals surface area (Å²) in [5.41, 5.74) is 8.00. The van der Waals surface area contributed by atoms with E-state index >= 15 is 0 Å². The molecule has 1 aliphatic rings. The molecule has 15 heavy (non-hydrogen) atoms. The molecule has 3 heteroatoms. The average molecular weight is 208 g/mol. The third kappa shape index (κ3) is 2.29. The summed E-state index contributed by atoms with van der Waals surface area (Å²) >= 11 is 0. The normalized spacial score (nSPS) is 15.6. The molecule has 1 aromatic rings. The number of hydrogen-bond acceptors (Lipinski definition) is 2. The van der Waals surface area contributed by atoms with E-state index in [1.165, 1.54) is 6.07 Å². The molecule has 1 aliphatic heterocycles. The molecule has 0 radical (unpaired) electrons. The van der Waals surface area contributed by atoms with Crippen molar-refractivity contribution >= 4 is 5.69 Å². The molecule has 0 unspecified atom stereocenters. The van der Waals surface area contributed by atoms with Crippen LogP contribution in [0.3, 0.4) is 0 Å². The lowest BCUT2D eigenvalue weighted by atomic mass is 10.1. The van der Waals surface area contributed by atoms with Crippen molar-refractivity contribution in [3.05, 3.63) is 29.6 Å². The lowest BCUT2D eigenvalue weighted by molar-refractivity contribution is 0.511. The van der Waals surface area contributed by atoms with Gasteiger partial charge in [-0.3, -0.25) is 0 Å². The van der Waals surface area contributed by atoms with Gasteiger partial charge in [0, 0.05) is 24.3 Å². The first-order valence-corrected chi connectivity index (χ1v) is 5.28. The van der Waals surface area contributed by atoms with E-state index in [4.69, 9.17) is 5.73 Å². The highest BCUT2D eigenvalue weighted by molar-refractivity contribution is 5.58. The Bertz CT molecular complexity index is 368. The number of benzene rings is 1. The lowest BCUT2D eigenvalue weighted by Gasteiger charge is -2.28. The summed E-state index contributed by atoms with van der Waals surface area (Å²) in [5.74, 6) is -0.150. The lowest BCUT2D eigenvalue weighted by Crippen LogP contribution is -2.44. The fourth-order valence-electron chi connectivity index (χ4n) is 2.09. The van der Waals surface area contributed by atoms with Crippen LogP contribution in [0.1, 0.15) is 19.4 Å². The van der Waals surface area contributed by atoms with Gasteiger partial charge in [-0.15, -0.1) is 0 Å². The molecular formula is C12H17FN2. The van der Waals surface area contributed by atoms with Gasteiger partial charge in [0.1, 0.15) is 5.82 Å². The third-order valence-corrected chi connectivity index (χ3v) is 2.63. The van der Waals surface area contributed by atoms with Gasteiger partial charge in [-0.1, -0.05) is 0 Å². The summed E-state index contributed by atoms with van der Waals surface area (Å²) in [7, 11) is 0. The molecule has 0 aliphatic carbocycles. The Labute approximate surface area is 89.9 Å². The molecule has 0 fully saturated rings. The van der Waals surface area contributed by atoms with Gasteiger partial charge in [0.05, 0.1) is 0 Å². The van der Waals surface area contributed by atoms with E-state index in [0.29, 0.717) is 0 Å². The quantitative estimate of drug-likeness (QED) is 0.804. The predicted octanol–water partition coefficient (Wildman–Crippen LogP) is 1.93. The number of nitrogens with two attached hydrogens (primary N) is 1. The maximum absolute atomic E-state index is 13.0. The molecule has 0 saturated heterocycles. The van der Waals surface area contributed by atoms with Gasteiger partial charge >= 0.3 is 0 Å². The molecule has 2 nitrogen and oxygen atoms in total. The molecule has 82 valence electrons. The first-order valence-electron chi connectivity index (χ1n) is 5.28. The van der Waals surface area contributed by atoms with Crippen LogP contribution in [0.25, 0.3) is 0 Å². The standard InChI is InChI=1S/C12H17FN2/c1-12(2,14)8-15-6-5-9-7-10(13)3-4-11(9)15/h3-4,7H,5-6,8,14H2,1-2H3. The highest BCUT2D eigenvalue weighted by Crippen LogP contribution is 2.29. The Morgan fingerprint density at radius 2 is 2.20 bits per heavy atom. The van der Waals surface area contributed by atoms with Gasteiger partial charge < -0.3 is 10.6 Å². The number of rotatable bonds is 2. The van der Waals surface area contributed by atoms with Crippen LogP contribution in [0.2, 0.25) is 0 Å². The molecule has 0 bridgehead atoms. The topological polar surface area (TPSA) is 29.3 Å². The van der Waals surface area contributed by atoms with Gasteiger partial charge in [0.2, 0.25) is 0 Å². The maximum atomic E-state index is 13.0. The van der Waals surface area contributed by atoms with Crippen LogP contribution in [0.15, 0.2) is 18.2 Å². The van der Waals surface area contributed by atoms with E-state index in [0.717, 1.165) is 30.8 Å². The van der Waals surface area contributed by atoms with Crippen molar-refractivity contribution in [3.8, 4) is 0 Å². The summed E-state index contributed by atoms with van der Waals surface area (Å²) in [6.45, 7) is 5.77. The van der Waals surface area contributed by atoms with Gasteiger partial charge in [0.15, 0.2) is 0 Å². The molecule has 0 atom stereocenters. The van der Waals surface area contributed by atoms with Gasteiger partial charge in [-0.2, -0.15) is 0 Å². The number of halogens is 1. The van der Waals surface area contributed by atoms with Crippen molar-refractivity contribution in [1.29, 1.82) is 0 Å². The highest BCUT2D eigenvalue weighted by atomic mass is 19.1. The Balaban J connectivity index is 2.22. The van der Waals surface area contributed by atoms with Crippen LogP contribution in [-0.2, 0) is 6.42 Å². The van der Waals surface area contributed by atoms with Crippen molar-refractivity contribution in [3.63, 3.8) is 0 Å². The Hall–Kier alpha value is -1.09. The van der Waals surface area contributed by atoms with Gasteiger partial charge in [0.25, 0.3) is 0 Å². The second-order valence-electron chi connectivity index (χ2n) is 4.93. The van der Waals surface area contributed by atoms with Crippen molar-refractivity contribution in [1.82, 2.24) is 0 Å². The smallest absolute Gasteiger partial charge is 0.123 e. The van der Waals surface area contributed by atoms with Crippen molar-refractivity contribution < 1.29 is 4.39 Å². The van der Waals surface area contributed by atoms with E-state index in [2.05, 4.69) is 4.90 Å². The minimum Gasteiger partial charge on any atom is -0.369 e. The second-order valence-corrected chi connectivity index (χ2v) is 4.93. The van der Waals surface area contributed by atoms with Crippen LogP contribution in [0.4, 0.5) is 10.1 Å². The Morgan fingerprint density at radius 3 is 2.87 bits per heavy atom. The van der Waals surface area contributed by atoms with E-state index in [1.54, 1.807) is 6.07 Å². The Morgan fingerprint density at radius 1 is 1.47 bits per heavy atom. The monoisotopic (exact) mass is 208 g/mol. The molecule has 2 rings (SSSR count). The van der Waals surface area contributed by atoms with Gasteiger partial charge in [-0.25, -0.2) is 4.39 Å². The fourth-order valence-corrected chi connectivity index (χ4v) is 2.09. The zero-order valence-corrected chi connectivity index (χ0v) is 9.26. The Kier molecular flexibility index (Phi) is 2.43. The summed E-state index contributed by atoms with van der Waals surface area (Å²) in [6.07, 6.45) is 0.920. The summed E-state index contributed by atoms with van der Waals surface area (Å²) in [4.78, 5) is 2.23. The zero-order chi connectivity index (χ0) is 11.1. The highest BCUT2D eigenvalue weighted by Gasteiger charge is 2.23.